The largest absolute Gasteiger partial charge is 0.447 e. The Balaban J connectivity index is 2.63. The van der Waals surface area contributed by atoms with Gasteiger partial charge in [-0.2, -0.15) is 0 Å². The minimum Gasteiger partial charge on any atom is -0.447 e. The van der Waals surface area contributed by atoms with Gasteiger partial charge in [0.05, 0.1) is 5.92 Å². The lowest BCUT2D eigenvalue weighted by Gasteiger charge is -2.08. The quantitative estimate of drug-likeness (QED) is 0.649. The van der Waals surface area contributed by atoms with E-state index in [2.05, 4.69) is 13.8 Å². The smallest absolute Gasteiger partial charge is 0.193 e. The lowest BCUT2D eigenvalue weighted by atomic mass is 10.1. The van der Waals surface area contributed by atoms with Gasteiger partial charge in [0.1, 0.15) is 5.76 Å². The van der Waals surface area contributed by atoms with Crippen molar-refractivity contribution < 1.29 is 4.74 Å². The molecule has 11 heavy (non-hydrogen) atoms. The zero-order valence-electron chi connectivity index (χ0n) is 7.35. The fourth-order valence-electron chi connectivity index (χ4n) is 1.04. The summed E-state index contributed by atoms with van der Waals surface area (Å²) in [5.41, 5.74) is 0. The Morgan fingerprint density at radius 3 is 2.73 bits per heavy atom. The number of ether oxygens (including phenoxy) is 1. The van der Waals surface area contributed by atoms with E-state index in [0.29, 0.717) is 11.8 Å². The average molecular weight is 153 g/mol. The summed E-state index contributed by atoms with van der Waals surface area (Å²) in [6.07, 6.45) is 3.11. The van der Waals surface area contributed by atoms with Gasteiger partial charge in [-0.25, -0.2) is 0 Å². The zero-order valence-corrected chi connectivity index (χ0v) is 7.35. The summed E-state index contributed by atoms with van der Waals surface area (Å²) in [4.78, 5) is 0. The molecule has 2 heteroatoms. The summed E-state index contributed by atoms with van der Waals surface area (Å²) in [6, 6.07) is 0. The SMILES string of the molecule is CCC(C)C1=CC(C)C(=N)O1. The van der Waals surface area contributed by atoms with Gasteiger partial charge in [-0.1, -0.05) is 20.8 Å². The molecule has 0 bridgehead atoms. The molecular weight excluding hydrogens is 138 g/mol. The Kier molecular flexibility index (Phi) is 2.32. The first-order valence-electron chi connectivity index (χ1n) is 4.13. The van der Waals surface area contributed by atoms with Crippen LogP contribution in [0.2, 0.25) is 0 Å². The highest BCUT2D eigenvalue weighted by atomic mass is 16.5. The lowest BCUT2D eigenvalue weighted by molar-refractivity contribution is 0.348. The number of hydrogen-bond acceptors (Lipinski definition) is 2. The van der Waals surface area contributed by atoms with Crippen molar-refractivity contribution >= 4 is 5.90 Å². The van der Waals surface area contributed by atoms with Crippen LogP contribution in [-0.4, -0.2) is 5.90 Å². The summed E-state index contributed by atoms with van der Waals surface area (Å²) in [5.74, 6) is 2.00. The van der Waals surface area contributed by atoms with Gasteiger partial charge in [0.25, 0.3) is 0 Å². The molecule has 0 fully saturated rings. The lowest BCUT2D eigenvalue weighted by Crippen LogP contribution is -2.04. The van der Waals surface area contributed by atoms with E-state index in [1.165, 1.54) is 0 Å². The van der Waals surface area contributed by atoms with Gasteiger partial charge < -0.3 is 4.74 Å². The molecule has 1 aliphatic heterocycles. The van der Waals surface area contributed by atoms with Gasteiger partial charge in [-0.15, -0.1) is 0 Å². The van der Waals surface area contributed by atoms with Crippen LogP contribution in [0.4, 0.5) is 0 Å². The fraction of sp³-hybridized carbons (Fsp3) is 0.667. The van der Waals surface area contributed by atoms with E-state index in [4.69, 9.17) is 10.1 Å². The van der Waals surface area contributed by atoms with E-state index >= 15 is 0 Å². The van der Waals surface area contributed by atoms with Crippen molar-refractivity contribution in [2.24, 2.45) is 11.8 Å². The Morgan fingerprint density at radius 1 is 1.73 bits per heavy atom. The molecule has 1 aliphatic rings. The van der Waals surface area contributed by atoms with Gasteiger partial charge in [-0.05, 0) is 12.5 Å². The molecule has 0 aromatic heterocycles. The summed E-state index contributed by atoms with van der Waals surface area (Å²) in [5, 5.41) is 7.38. The first-order chi connectivity index (χ1) is 5.15. The molecule has 0 aliphatic carbocycles. The Morgan fingerprint density at radius 2 is 2.36 bits per heavy atom. The van der Waals surface area contributed by atoms with E-state index < -0.39 is 0 Å². The normalized spacial score (nSPS) is 26.3. The van der Waals surface area contributed by atoms with E-state index in [-0.39, 0.29) is 5.92 Å². The van der Waals surface area contributed by atoms with E-state index in [1.54, 1.807) is 0 Å². The van der Waals surface area contributed by atoms with Crippen LogP contribution in [0.5, 0.6) is 0 Å². The predicted octanol–water partition coefficient (Wildman–Crippen LogP) is 2.56. The van der Waals surface area contributed by atoms with Crippen LogP contribution in [-0.2, 0) is 4.74 Å². The third-order valence-electron chi connectivity index (χ3n) is 2.15. The number of nitrogens with one attached hydrogen (secondary N) is 1. The van der Waals surface area contributed by atoms with Crippen LogP contribution >= 0.6 is 0 Å². The van der Waals surface area contributed by atoms with Crippen LogP contribution in [0.15, 0.2) is 11.8 Å². The third-order valence-corrected chi connectivity index (χ3v) is 2.15. The van der Waals surface area contributed by atoms with Crippen molar-refractivity contribution in [3.63, 3.8) is 0 Å². The molecule has 1 rings (SSSR count). The van der Waals surface area contributed by atoms with Gasteiger partial charge in [0.15, 0.2) is 5.90 Å². The average Bonchev–Trinajstić information content (AvgIpc) is 2.31. The summed E-state index contributed by atoms with van der Waals surface area (Å²) in [7, 11) is 0. The van der Waals surface area contributed by atoms with Crippen LogP contribution in [0.3, 0.4) is 0 Å². The minimum atomic E-state index is 0.180. The summed E-state index contributed by atoms with van der Waals surface area (Å²) >= 11 is 0. The molecule has 2 nitrogen and oxygen atoms in total. The number of allylic oxidation sites excluding steroid dienone is 1. The Hall–Kier alpha value is -0.790. The number of hydrogen-bond donors (Lipinski definition) is 1. The van der Waals surface area contributed by atoms with Crippen LogP contribution < -0.4 is 0 Å². The molecule has 0 spiro atoms. The predicted molar refractivity (Wildman–Crippen MR) is 45.5 cm³/mol. The van der Waals surface area contributed by atoms with E-state index in [1.807, 2.05) is 13.0 Å². The molecule has 0 aromatic carbocycles. The fourth-order valence-corrected chi connectivity index (χ4v) is 1.04. The maximum atomic E-state index is 7.38. The molecule has 1 heterocycles. The van der Waals surface area contributed by atoms with Crippen molar-refractivity contribution in [2.75, 3.05) is 0 Å². The van der Waals surface area contributed by atoms with Crippen LogP contribution in [0.1, 0.15) is 27.2 Å². The third kappa shape index (κ3) is 1.62. The molecule has 0 aromatic rings. The highest BCUT2D eigenvalue weighted by Crippen LogP contribution is 2.25. The second kappa shape index (κ2) is 3.07. The van der Waals surface area contributed by atoms with Crippen molar-refractivity contribution in [3.8, 4) is 0 Å². The first-order valence-corrected chi connectivity index (χ1v) is 4.13. The molecule has 0 saturated heterocycles. The van der Waals surface area contributed by atoms with Gasteiger partial charge in [-0.3, -0.25) is 5.41 Å². The van der Waals surface area contributed by atoms with E-state index in [9.17, 15) is 0 Å². The minimum absolute atomic E-state index is 0.180. The second-order valence-corrected chi connectivity index (χ2v) is 3.13. The first kappa shape index (κ1) is 8.31. The van der Waals surface area contributed by atoms with Crippen molar-refractivity contribution in [1.29, 1.82) is 5.41 Å². The standard InChI is InChI=1S/C9H15NO/c1-4-6(2)8-5-7(3)9(10)11-8/h5-7,10H,4H2,1-3H3. The number of rotatable bonds is 2. The van der Waals surface area contributed by atoms with Gasteiger partial charge in [0.2, 0.25) is 0 Å². The molecule has 2 atom stereocenters. The summed E-state index contributed by atoms with van der Waals surface area (Å²) in [6.45, 7) is 6.23. The Bertz CT molecular complexity index is 196. The second-order valence-electron chi connectivity index (χ2n) is 3.13. The maximum absolute atomic E-state index is 7.38. The Labute approximate surface area is 67.8 Å². The molecule has 0 saturated carbocycles. The highest BCUT2D eigenvalue weighted by molar-refractivity contribution is 5.80. The van der Waals surface area contributed by atoms with Crippen LogP contribution in [0, 0.1) is 17.2 Å². The monoisotopic (exact) mass is 153 g/mol. The summed E-state index contributed by atoms with van der Waals surface area (Å²) < 4.78 is 5.27. The molecule has 2 unspecified atom stereocenters. The molecular formula is C9H15NO. The van der Waals surface area contributed by atoms with Crippen molar-refractivity contribution in [3.05, 3.63) is 11.8 Å². The molecule has 1 N–H and O–H groups in total. The van der Waals surface area contributed by atoms with Crippen molar-refractivity contribution in [2.45, 2.75) is 27.2 Å². The van der Waals surface area contributed by atoms with Crippen molar-refractivity contribution in [1.82, 2.24) is 0 Å². The molecule has 0 amide bonds. The topological polar surface area (TPSA) is 33.1 Å². The van der Waals surface area contributed by atoms with Crippen LogP contribution in [0.25, 0.3) is 0 Å². The zero-order chi connectivity index (χ0) is 8.43. The highest BCUT2D eigenvalue weighted by Gasteiger charge is 2.22. The van der Waals surface area contributed by atoms with Gasteiger partial charge in [0, 0.05) is 5.92 Å². The van der Waals surface area contributed by atoms with E-state index in [0.717, 1.165) is 12.2 Å². The maximum Gasteiger partial charge on any atom is 0.193 e. The molecule has 62 valence electrons. The van der Waals surface area contributed by atoms with Gasteiger partial charge >= 0.3 is 0 Å². The molecule has 0 radical (unpaired) electrons.